The molecule has 25 heavy (non-hydrogen) atoms. The number of ether oxygens (including phenoxy) is 1. The second-order valence-electron chi connectivity index (χ2n) is 5.82. The van der Waals surface area contributed by atoms with Crippen LogP contribution in [-0.2, 0) is 16.0 Å². The molecule has 2 rings (SSSR count). The fourth-order valence-electron chi connectivity index (χ4n) is 2.21. The molecule has 0 atom stereocenters. The lowest BCUT2D eigenvalue weighted by atomic mass is 10.1. The molecular weight excluding hydrogens is 318 g/mol. The van der Waals surface area contributed by atoms with Crippen molar-refractivity contribution in [3.8, 4) is 5.75 Å². The Morgan fingerprint density at radius 2 is 1.56 bits per heavy atom. The zero-order valence-electron chi connectivity index (χ0n) is 14.4. The number of rotatable bonds is 8. The first-order valence-corrected chi connectivity index (χ1v) is 8.06. The van der Waals surface area contributed by atoms with E-state index in [1.54, 1.807) is 43.3 Å². The van der Waals surface area contributed by atoms with Gasteiger partial charge in [-0.25, -0.2) is 0 Å². The monoisotopic (exact) mass is 339 g/mol. The Labute approximate surface area is 147 Å². The lowest BCUT2D eigenvalue weighted by Crippen LogP contribution is -2.20. The van der Waals surface area contributed by atoms with Gasteiger partial charge >= 0.3 is 0 Å². The van der Waals surface area contributed by atoms with Gasteiger partial charge < -0.3 is 14.8 Å². The van der Waals surface area contributed by atoms with Crippen LogP contribution in [0, 0.1) is 0 Å². The average molecular weight is 339 g/mol. The predicted molar refractivity (Wildman–Crippen MR) is 96.0 cm³/mol. The minimum atomic E-state index is -0.281. The Hall–Kier alpha value is -2.95. The summed E-state index contributed by atoms with van der Waals surface area (Å²) in [6, 6.07) is 14.0. The van der Waals surface area contributed by atoms with E-state index in [0.29, 0.717) is 29.8 Å². The molecule has 1 N–H and O–H groups in total. The van der Waals surface area contributed by atoms with Crippen LogP contribution in [0.3, 0.4) is 0 Å². The Bertz CT molecular complexity index is 748. The summed E-state index contributed by atoms with van der Waals surface area (Å²) in [7, 11) is 0. The zero-order valence-corrected chi connectivity index (χ0v) is 14.4. The molecule has 1 amide bonds. The molecule has 0 aromatic heterocycles. The van der Waals surface area contributed by atoms with E-state index in [-0.39, 0.29) is 24.1 Å². The summed E-state index contributed by atoms with van der Waals surface area (Å²) in [6.07, 6.45) is 1.22. The molecule has 130 valence electrons. The van der Waals surface area contributed by atoms with E-state index in [0.717, 1.165) is 5.56 Å². The van der Waals surface area contributed by atoms with Gasteiger partial charge in [-0.1, -0.05) is 12.1 Å². The molecule has 0 unspecified atom stereocenters. The summed E-state index contributed by atoms with van der Waals surface area (Å²) in [6.45, 7) is 2.96. The van der Waals surface area contributed by atoms with Crippen LogP contribution in [0.15, 0.2) is 48.5 Å². The van der Waals surface area contributed by atoms with Crippen LogP contribution in [0.5, 0.6) is 5.75 Å². The number of hydrogen-bond donors (Lipinski definition) is 1. The van der Waals surface area contributed by atoms with Crippen LogP contribution in [-0.4, -0.2) is 24.1 Å². The third-order valence-corrected chi connectivity index (χ3v) is 3.63. The summed E-state index contributed by atoms with van der Waals surface area (Å²) in [5.41, 5.74) is 2.26. The maximum atomic E-state index is 11.9. The number of carbonyl (C=O) groups excluding carboxylic acids is 3. The highest BCUT2D eigenvalue weighted by Crippen LogP contribution is 2.14. The van der Waals surface area contributed by atoms with Crippen molar-refractivity contribution in [2.75, 3.05) is 11.9 Å². The molecule has 5 nitrogen and oxygen atoms in total. The quantitative estimate of drug-likeness (QED) is 0.748. The molecule has 0 radical (unpaired) electrons. The summed E-state index contributed by atoms with van der Waals surface area (Å²) >= 11 is 0. The van der Waals surface area contributed by atoms with E-state index in [1.165, 1.54) is 6.92 Å². The number of hydrogen-bond acceptors (Lipinski definition) is 4. The lowest BCUT2D eigenvalue weighted by molar-refractivity contribution is -0.118. The fraction of sp³-hybridized carbons (Fsp3) is 0.250. The summed E-state index contributed by atoms with van der Waals surface area (Å²) in [5, 5.41) is 2.71. The van der Waals surface area contributed by atoms with Crippen molar-refractivity contribution in [1.82, 2.24) is 0 Å². The number of benzene rings is 2. The summed E-state index contributed by atoms with van der Waals surface area (Å²) in [5.74, 6) is 0.450. The third-order valence-electron chi connectivity index (χ3n) is 3.63. The fourth-order valence-corrected chi connectivity index (χ4v) is 2.21. The average Bonchev–Trinajstić information content (AvgIpc) is 2.59. The summed E-state index contributed by atoms with van der Waals surface area (Å²) in [4.78, 5) is 34.1. The molecule has 0 spiro atoms. The van der Waals surface area contributed by atoms with E-state index in [4.69, 9.17) is 4.74 Å². The van der Waals surface area contributed by atoms with Crippen LogP contribution < -0.4 is 10.1 Å². The van der Waals surface area contributed by atoms with Crippen LogP contribution in [0.25, 0.3) is 0 Å². The number of Topliss-reactive ketones (excluding diaryl/α,β-unsaturated/α-hetero) is 2. The smallest absolute Gasteiger partial charge is 0.262 e. The van der Waals surface area contributed by atoms with Crippen LogP contribution >= 0.6 is 0 Å². The molecule has 0 aliphatic heterocycles. The van der Waals surface area contributed by atoms with E-state index in [2.05, 4.69) is 5.32 Å². The topological polar surface area (TPSA) is 72.5 Å². The number of carbonyl (C=O) groups is 3. The molecule has 0 saturated heterocycles. The van der Waals surface area contributed by atoms with Crippen molar-refractivity contribution >= 4 is 23.2 Å². The van der Waals surface area contributed by atoms with Gasteiger partial charge in [0.2, 0.25) is 0 Å². The van der Waals surface area contributed by atoms with Crippen molar-refractivity contribution in [2.45, 2.75) is 26.7 Å². The maximum absolute atomic E-state index is 11.9. The van der Waals surface area contributed by atoms with Crippen molar-refractivity contribution < 1.29 is 19.1 Å². The normalized spacial score (nSPS) is 10.2. The maximum Gasteiger partial charge on any atom is 0.262 e. The van der Waals surface area contributed by atoms with E-state index in [9.17, 15) is 14.4 Å². The van der Waals surface area contributed by atoms with E-state index >= 15 is 0 Å². The number of aryl methyl sites for hydroxylation is 1. The zero-order chi connectivity index (χ0) is 18.2. The molecule has 0 bridgehead atoms. The number of nitrogens with one attached hydrogen (secondary N) is 1. The van der Waals surface area contributed by atoms with Gasteiger partial charge in [-0.05, 0) is 62.2 Å². The Morgan fingerprint density at radius 3 is 2.12 bits per heavy atom. The predicted octanol–water partition coefficient (Wildman–Crippen LogP) is 3.43. The van der Waals surface area contributed by atoms with Crippen LogP contribution in [0.2, 0.25) is 0 Å². The highest BCUT2D eigenvalue weighted by atomic mass is 16.5. The molecule has 2 aromatic carbocycles. The first-order chi connectivity index (χ1) is 11.9. The second-order valence-corrected chi connectivity index (χ2v) is 5.82. The standard InChI is InChI=1S/C20H21NO4/c1-14(22)3-4-16-5-11-19(12-6-16)25-13-20(24)21-18-9-7-17(8-10-18)15(2)23/h5-12H,3-4,13H2,1-2H3,(H,21,24). The first-order valence-electron chi connectivity index (χ1n) is 8.06. The van der Waals surface area contributed by atoms with E-state index in [1.807, 2.05) is 12.1 Å². The Morgan fingerprint density at radius 1 is 0.920 bits per heavy atom. The van der Waals surface area contributed by atoms with Gasteiger partial charge in [0, 0.05) is 17.7 Å². The van der Waals surface area contributed by atoms with Gasteiger partial charge in [0.05, 0.1) is 0 Å². The molecule has 0 aliphatic rings. The molecule has 5 heteroatoms. The van der Waals surface area contributed by atoms with Crippen LogP contribution in [0.1, 0.15) is 36.2 Å². The van der Waals surface area contributed by atoms with Gasteiger partial charge in [-0.3, -0.25) is 9.59 Å². The molecule has 2 aromatic rings. The first kappa shape index (κ1) is 18.4. The second kappa shape index (κ2) is 8.78. The minimum absolute atomic E-state index is 0.0204. The Balaban J connectivity index is 1.81. The molecule has 0 saturated carbocycles. The third kappa shape index (κ3) is 6.22. The SMILES string of the molecule is CC(=O)CCc1ccc(OCC(=O)Nc2ccc(C(C)=O)cc2)cc1. The Kier molecular flexibility index (Phi) is 6.46. The molecule has 0 fully saturated rings. The highest BCUT2D eigenvalue weighted by molar-refractivity contribution is 5.95. The summed E-state index contributed by atoms with van der Waals surface area (Å²) < 4.78 is 5.45. The largest absolute Gasteiger partial charge is 0.484 e. The van der Waals surface area contributed by atoms with Gasteiger partial charge in [-0.2, -0.15) is 0 Å². The van der Waals surface area contributed by atoms with Gasteiger partial charge in [0.25, 0.3) is 5.91 Å². The van der Waals surface area contributed by atoms with Crippen molar-refractivity contribution in [3.05, 3.63) is 59.7 Å². The van der Waals surface area contributed by atoms with Gasteiger partial charge in [0.1, 0.15) is 11.5 Å². The lowest BCUT2D eigenvalue weighted by Gasteiger charge is -2.08. The highest BCUT2D eigenvalue weighted by Gasteiger charge is 2.05. The minimum Gasteiger partial charge on any atom is -0.484 e. The van der Waals surface area contributed by atoms with Crippen molar-refractivity contribution in [1.29, 1.82) is 0 Å². The van der Waals surface area contributed by atoms with Crippen molar-refractivity contribution in [3.63, 3.8) is 0 Å². The number of ketones is 2. The number of anilines is 1. The van der Waals surface area contributed by atoms with Crippen LogP contribution in [0.4, 0.5) is 5.69 Å². The van der Waals surface area contributed by atoms with Crippen molar-refractivity contribution in [2.24, 2.45) is 0 Å². The number of amides is 1. The molecule has 0 heterocycles. The molecular formula is C20H21NO4. The van der Waals surface area contributed by atoms with Gasteiger partial charge in [-0.15, -0.1) is 0 Å². The van der Waals surface area contributed by atoms with E-state index < -0.39 is 0 Å². The molecule has 0 aliphatic carbocycles. The van der Waals surface area contributed by atoms with Gasteiger partial charge in [0.15, 0.2) is 12.4 Å².